The van der Waals surface area contributed by atoms with Crippen LogP contribution in [-0.4, -0.2) is 35.6 Å². The SMILES string of the molecule is C[C@H](Cc1ccc(OCc2ccccc2)cc1)N(C)CC#CC(=O)O. The Kier molecular flexibility index (Phi) is 7.06. The number of hydrogen-bond donors (Lipinski definition) is 1. The van der Waals surface area contributed by atoms with Gasteiger partial charge in [0, 0.05) is 12.0 Å². The maximum Gasteiger partial charge on any atom is 0.381 e. The first-order valence-corrected chi connectivity index (χ1v) is 8.22. The first kappa shape index (κ1) is 18.6. The molecule has 0 radical (unpaired) electrons. The van der Waals surface area contributed by atoms with Crippen molar-refractivity contribution in [1.29, 1.82) is 0 Å². The standard InChI is InChI=1S/C21H23NO3/c1-17(22(2)14-6-9-21(23)24)15-18-10-12-20(13-11-18)25-16-19-7-4-3-5-8-19/h3-5,7-8,10-13,17H,14-16H2,1-2H3,(H,23,24)/t17-/m1/s1. The molecule has 0 aliphatic heterocycles. The Balaban J connectivity index is 1.83. The first-order chi connectivity index (χ1) is 12.0. The fourth-order valence-electron chi connectivity index (χ4n) is 2.36. The van der Waals surface area contributed by atoms with Gasteiger partial charge in [0.2, 0.25) is 0 Å². The predicted molar refractivity (Wildman–Crippen MR) is 98.4 cm³/mol. The lowest BCUT2D eigenvalue weighted by Crippen LogP contribution is -2.31. The van der Waals surface area contributed by atoms with E-state index in [0.29, 0.717) is 13.2 Å². The lowest BCUT2D eigenvalue weighted by molar-refractivity contribution is -0.130. The summed E-state index contributed by atoms with van der Waals surface area (Å²) in [5.41, 5.74) is 2.35. The molecule has 4 heteroatoms. The van der Waals surface area contributed by atoms with E-state index in [9.17, 15) is 4.79 Å². The Morgan fingerprint density at radius 2 is 1.80 bits per heavy atom. The maximum atomic E-state index is 10.4. The Morgan fingerprint density at radius 1 is 1.12 bits per heavy atom. The average Bonchev–Trinajstić information content (AvgIpc) is 2.61. The molecule has 2 aromatic rings. The van der Waals surface area contributed by atoms with Crippen molar-refractivity contribution in [1.82, 2.24) is 4.90 Å². The van der Waals surface area contributed by atoms with Gasteiger partial charge in [0.1, 0.15) is 12.4 Å². The molecule has 0 fully saturated rings. The third kappa shape index (κ3) is 6.70. The number of carbonyl (C=O) groups is 1. The molecule has 0 unspecified atom stereocenters. The molecule has 0 heterocycles. The van der Waals surface area contributed by atoms with Gasteiger partial charge in [-0.05, 0) is 43.7 Å². The molecule has 0 spiro atoms. The van der Waals surface area contributed by atoms with E-state index in [-0.39, 0.29) is 6.04 Å². The van der Waals surface area contributed by atoms with Crippen LogP contribution >= 0.6 is 0 Å². The number of ether oxygens (including phenoxy) is 1. The summed E-state index contributed by atoms with van der Waals surface area (Å²) in [6.45, 7) is 3.09. The van der Waals surface area contributed by atoms with Crippen LogP contribution in [0.15, 0.2) is 54.6 Å². The van der Waals surface area contributed by atoms with Gasteiger partial charge in [0.25, 0.3) is 0 Å². The number of carboxylic acids is 1. The number of aliphatic carboxylic acids is 1. The Morgan fingerprint density at radius 3 is 2.44 bits per heavy atom. The van der Waals surface area contributed by atoms with Gasteiger partial charge in [-0.25, -0.2) is 4.79 Å². The monoisotopic (exact) mass is 337 g/mol. The second-order valence-corrected chi connectivity index (χ2v) is 5.99. The normalized spacial score (nSPS) is 11.5. The van der Waals surface area contributed by atoms with E-state index in [2.05, 4.69) is 30.9 Å². The summed E-state index contributed by atoms with van der Waals surface area (Å²) in [5, 5.41) is 8.54. The molecule has 4 nitrogen and oxygen atoms in total. The van der Waals surface area contributed by atoms with Gasteiger partial charge in [-0.15, -0.1) is 0 Å². The van der Waals surface area contributed by atoms with Crippen LogP contribution < -0.4 is 4.74 Å². The summed E-state index contributed by atoms with van der Waals surface area (Å²) in [6, 6.07) is 18.4. The summed E-state index contributed by atoms with van der Waals surface area (Å²) in [6.07, 6.45) is 0.865. The molecule has 1 N–H and O–H groups in total. The van der Waals surface area contributed by atoms with Crippen molar-refractivity contribution in [2.45, 2.75) is 26.0 Å². The van der Waals surface area contributed by atoms with Crippen LogP contribution in [0.2, 0.25) is 0 Å². The highest BCUT2D eigenvalue weighted by Crippen LogP contribution is 2.16. The van der Waals surface area contributed by atoms with E-state index < -0.39 is 5.97 Å². The third-order valence-electron chi connectivity index (χ3n) is 3.98. The molecular formula is C21H23NO3. The van der Waals surface area contributed by atoms with Gasteiger partial charge >= 0.3 is 5.97 Å². The summed E-state index contributed by atoms with van der Waals surface area (Å²) < 4.78 is 5.79. The number of rotatable bonds is 7. The summed E-state index contributed by atoms with van der Waals surface area (Å²) in [7, 11) is 1.94. The fraction of sp³-hybridized carbons (Fsp3) is 0.286. The highest BCUT2D eigenvalue weighted by molar-refractivity contribution is 5.86. The van der Waals surface area contributed by atoms with Gasteiger partial charge in [-0.3, -0.25) is 4.90 Å². The lowest BCUT2D eigenvalue weighted by atomic mass is 10.1. The van der Waals surface area contributed by atoms with Crippen molar-refractivity contribution in [3.63, 3.8) is 0 Å². The van der Waals surface area contributed by atoms with Crippen molar-refractivity contribution in [2.75, 3.05) is 13.6 Å². The average molecular weight is 337 g/mol. The van der Waals surface area contributed by atoms with Crippen molar-refractivity contribution in [3.8, 4) is 17.6 Å². The van der Waals surface area contributed by atoms with E-state index >= 15 is 0 Å². The fourth-order valence-corrected chi connectivity index (χ4v) is 2.36. The molecule has 0 aromatic heterocycles. The Bertz CT molecular complexity index is 729. The number of nitrogens with zero attached hydrogens (tertiary/aromatic N) is 1. The van der Waals surface area contributed by atoms with Crippen LogP contribution in [0.25, 0.3) is 0 Å². The first-order valence-electron chi connectivity index (χ1n) is 8.22. The van der Waals surface area contributed by atoms with Crippen molar-refractivity contribution >= 4 is 5.97 Å². The molecule has 0 bridgehead atoms. The van der Waals surface area contributed by atoms with E-state index in [0.717, 1.165) is 17.7 Å². The molecule has 1 atom stereocenters. The molecule has 0 amide bonds. The minimum atomic E-state index is -1.09. The maximum absolute atomic E-state index is 10.4. The van der Waals surface area contributed by atoms with Gasteiger partial charge in [-0.2, -0.15) is 0 Å². The zero-order valence-electron chi connectivity index (χ0n) is 14.6. The summed E-state index contributed by atoms with van der Waals surface area (Å²) >= 11 is 0. The highest BCUT2D eigenvalue weighted by atomic mass is 16.5. The Hall–Kier alpha value is -2.77. The van der Waals surface area contributed by atoms with Gasteiger partial charge in [-0.1, -0.05) is 48.4 Å². The van der Waals surface area contributed by atoms with Crippen LogP contribution in [0.3, 0.4) is 0 Å². The topological polar surface area (TPSA) is 49.8 Å². The number of benzene rings is 2. The zero-order chi connectivity index (χ0) is 18.1. The zero-order valence-corrected chi connectivity index (χ0v) is 14.6. The van der Waals surface area contributed by atoms with E-state index in [1.807, 2.05) is 54.4 Å². The van der Waals surface area contributed by atoms with E-state index in [1.165, 1.54) is 5.56 Å². The molecule has 2 aromatic carbocycles. The quantitative estimate of drug-likeness (QED) is 0.788. The van der Waals surface area contributed by atoms with Crippen molar-refractivity contribution < 1.29 is 14.6 Å². The van der Waals surface area contributed by atoms with Crippen LogP contribution in [0.5, 0.6) is 5.75 Å². The number of hydrogen-bond acceptors (Lipinski definition) is 3. The molecule has 130 valence electrons. The van der Waals surface area contributed by atoms with Crippen LogP contribution in [0.1, 0.15) is 18.1 Å². The largest absolute Gasteiger partial charge is 0.489 e. The number of likely N-dealkylation sites (N-methyl/N-ethyl adjacent to an activating group) is 1. The molecule has 0 aliphatic carbocycles. The molecule has 0 saturated heterocycles. The molecule has 0 aliphatic rings. The molecule has 2 rings (SSSR count). The van der Waals surface area contributed by atoms with Crippen LogP contribution in [0, 0.1) is 11.8 Å². The summed E-state index contributed by atoms with van der Waals surface area (Å²) in [5.74, 6) is 4.55. The van der Waals surface area contributed by atoms with Gasteiger partial charge in [0.05, 0.1) is 6.54 Å². The second kappa shape index (κ2) is 9.51. The van der Waals surface area contributed by atoms with Gasteiger partial charge < -0.3 is 9.84 Å². The highest BCUT2D eigenvalue weighted by Gasteiger charge is 2.09. The third-order valence-corrected chi connectivity index (χ3v) is 3.98. The molecule has 25 heavy (non-hydrogen) atoms. The molecule has 0 saturated carbocycles. The second-order valence-electron chi connectivity index (χ2n) is 5.99. The van der Waals surface area contributed by atoms with Crippen LogP contribution in [-0.2, 0) is 17.8 Å². The van der Waals surface area contributed by atoms with Crippen LogP contribution in [0.4, 0.5) is 0 Å². The van der Waals surface area contributed by atoms with Crippen molar-refractivity contribution in [2.24, 2.45) is 0 Å². The molecular weight excluding hydrogens is 314 g/mol. The van der Waals surface area contributed by atoms with E-state index in [4.69, 9.17) is 9.84 Å². The summed E-state index contributed by atoms with van der Waals surface area (Å²) in [4.78, 5) is 12.5. The smallest absolute Gasteiger partial charge is 0.381 e. The van der Waals surface area contributed by atoms with Gasteiger partial charge in [0.15, 0.2) is 0 Å². The lowest BCUT2D eigenvalue weighted by Gasteiger charge is -2.22. The van der Waals surface area contributed by atoms with E-state index in [1.54, 1.807) is 0 Å². The minimum absolute atomic E-state index is 0.263. The minimum Gasteiger partial charge on any atom is -0.489 e. The van der Waals surface area contributed by atoms with Crippen molar-refractivity contribution in [3.05, 3.63) is 65.7 Å². The number of carboxylic acid groups (broad SMARTS) is 1. The Labute approximate surface area is 149 Å². The predicted octanol–water partition coefficient (Wildman–Crippen LogP) is 3.22.